The maximum Gasteiger partial charge on any atom is 0.272 e. The van der Waals surface area contributed by atoms with Crippen molar-refractivity contribution in [3.63, 3.8) is 0 Å². The molecule has 0 bridgehead atoms. The van der Waals surface area contributed by atoms with Crippen molar-refractivity contribution in [1.82, 2.24) is 5.43 Å². The van der Waals surface area contributed by atoms with Gasteiger partial charge in [-0.3, -0.25) is 4.79 Å². The van der Waals surface area contributed by atoms with Crippen molar-refractivity contribution in [3.8, 4) is 17.2 Å². The van der Waals surface area contributed by atoms with E-state index < -0.39 is 5.91 Å². The number of halogens is 1. The number of hydrazone groups is 1. The van der Waals surface area contributed by atoms with Crippen LogP contribution in [-0.4, -0.2) is 33.5 Å². The molecular formula is C18H19ClN2O4. The number of methoxy groups -OCH3 is 3. The van der Waals surface area contributed by atoms with Gasteiger partial charge < -0.3 is 14.2 Å². The van der Waals surface area contributed by atoms with Gasteiger partial charge in [0.25, 0.3) is 5.91 Å². The second-order valence-corrected chi connectivity index (χ2v) is 5.55. The van der Waals surface area contributed by atoms with E-state index in [9.17, 15) is 4.79 Å². The molecule has 0 spiro atoms. The maximum atomic E-state index is 12.1. The minimum Gasteiger partial charge on any atom is -0.493 e. The molecule has 0 unspecified atom stereocenters. The lowest BCUT2D eigenvalue weighted by Gasteiger charge is -2.12. The fourth-order valence-electron chi connectivity index (χ4n) is 2.21. The molecular weight excluding hydrogens is 344 g/mol. The molecule has 0 aromatic heterocycles. The second kappa shape index (κ2) is 8.39. The molecule has 0 fully saturated rings. The van der Waals surface area contributed by atoms with E-state index in [0.29, 0.717) is 33.4 Å². The van der Waals surface area contributed by atoms with E-state index in [0.717, 1.165) is 5.56 Å². The molecule has 132 valence electrons. The van der Waals surface area contributed by atoms with E-state index in [4.69, 9.17) is 25.8 Å². The Kier molecular flexibility index (Phi) is 6.25. The molecule has 0 atom stereocenters. The van der Waals surface area contributed by atoms with Crippen molar-refractivity contribution in [2.24, 2.45) is 5.10 Å². The first kappa shape index (κ1) is 18.6. The zero-order valence-corrected chi connectivity index (χ0v) is 15.2. The molecule has 2 aromatic rings. The highest BCUT2D eigenvalue weighted by Gasteiger charge is 2.13. The number of nitrogens with one attached hydrogen (secondary N) is 1. The molecule has 1 amide bonds. The molecule has 6 nitrogen and oxygen atoms in total. The molecule has 0 saturated carbocycles. The lowest BCUT2D eigenvalue weighted by Crippen LogP contribution is -2.18. The third-order valence-electron chi connectivity index (χ3n) is 3.44. The molecule has 7 heteroatoms. The topological polar surface area (TPSA) is 69.2 Å². The van der Waals surface area contributed by atoms with Crippen molar-refractivity contribution in [2.75, 3.05) is 21.3 Å². The third kappa shape index (κ3) is 4.42. The van der Waals surface area contributed by atoms with Gasteiger partial charge in [-0.25, -0.2) is 5.43 Å². The molecule has 2 rings (SSSR count). The summed E-state index contributed by atoms with van der Waals surface area (Å²) in [5, 5.41) is 4.33. The van der Waals surface area contributed by atoms with Crippen molar-refractivity contribution >= 4 is 23.7 Å². The Morgan fingerprint density at radius 3 is 2.24 bits per heavy atom. The number of nitrogens with zero attached hydrogens (tertiary/aromatic N) is 1. The van der Waals surface area contributed by atoms with Crippen LogP contribution in [0.2, 0.25) is 5.02 Å². The Labute approximate surface area is 151 Å². The largest absolute Gasteiger partial charge is 0.493 e. The van der Waals surface area contributed by atoms with Crippen LogP contribution in [0.3, 0.4) is 0 Å². The normalized spacial score (nSPS) is 10.6. The standard InChI is InChI=1S/C18H19ClN2O4/c1-11-5-6-13(14(19)7-11)18(22)21-20-10-12-8-15(23-2)17(25-4)16(9-12)24-3/h5-10H,1-4H3,(H,21,22)/b20-10-. The summed E-state index contributed by atoms with van der Waals surface area (Å²) >= 11 is 6.07. The average Bonchev–Trinajstić information content (AvgIpc) is 2.60. The summed E-state index contributed by atoms with van der Waals surface area (Å²) in [7, 11) is 4.58. The highest BCUT2D eigenvalue weighted by atomic mass is 35.5. The fraction of sp³-hybridized carbons (Fsp3) is 0.222. The Balaban J connectivity index is 2.17. The van der Waals surface area contributed by atoms with Gasteiger partial charge in [-0.05, 0) is 36.8 Å². The molecule has 0 radical (unpaired) electrons. The first-order valence-corrected chi connectivity index (χ1v) is 7.77. The van der Waals surface area contributed by atoms with Crippen LogP contribution in [0.1, 0.15) is 21.5 Å². The van der Waals surface area contributed by atoms with Gasteiger partial charge in [0, 0.05) is 5.56 Å². The summed E-state index contributed by atoms with van der Waals surface area (Å²) in [5.74, 6) is 1.08. The number of ether oxygens (including phenoxy) is 3. The number of carbonyl (C=O) groups excluding carboxylic acids is 1. The van der Waals surface area contributed by atoms with Crippen LogP contribution in [0.25, 0.3) is 0 Å². The van der Waals surface area contributed by atoms with Gasteiger partial charge >= 0.3 is 0 Å². The minimum atomic E-state index is -0.395. The Morgan fingerprint density at radius 1 is 1.08 bits per heavy atom. The molecule has 0 saturated heterocycles. The lowest BCUT2D eigenvalue weighted by molar-refractivity contribution is 0.0955. The van der Waals surface area contributed by atoms with E-state index in [2.05, 4.69) is 10.5 Å². The van der Waals surface area contributed by atoms with Gasteiger partial charge in [-0.1, -0.05) is 17.7 Å². The number of hydrogen-bond donors (Lipinski definition) is 1. The predicted molar refractivity (Wildman–Crippen MR) is 97.3 cm³/mol. The summed E-state index contributed by atoms with van der Waals surface area (Å²) < 4.78 is 15.8. The third-order valence-corrected chi connectivity index (χ3v) is 3.75. The van der Waals surface area contributed by atoms with Crippen LogP contribution in [0.4, 0.5) is 0 Å². The van der Waals surface area contributed by atoms with Crippen LogP contribution >= 0.6 is 11.6 Å². The SMILES string of the molecule is COc1cc(/C=N\NC(=O)c2ccc(C)cc2Cl)cc(OC)c1OC. The van der Waals surface area contributed by atoms with Gasteiger partial charge in [0.05, 0.1) is 38.1 Å². The molecule has 25 heavy (non-hydrogen) atoms. The Morgan fingerprint density at radius 2 is 1.72 bits per heavy atom. The summed E-state index contributed by atoms with van der Waals surface area (Å²) in [4.78, 5) is 12.1. The lowest BCUT2D eigenvalue weighted by atomic mass is 10.1. The van der Waals surface area contributed by atoms with E-state index >= 15 is 0 Å². The minimum absolute atomic E-state index is 0.356. The Bertz CT molecular complexity index is 781. The summed E-state index contributed by atoms with van der Waals surface area (Å²) in [6.45, 7) is 1.90. The highest BCUT2D eigenvalue weighted by Crippen LogP contribution is 2.37. The zero-order chi connectivity index (χ0) is 18.4. The van der Waals surface area contributed by atoms with Gasteiger partial charge in [-0.15, -0.1) is 0 Å². The number of carbonyl (C=O) groups is 1. The van der Waals surface area contributed by atoms with E-state index in [1.54, 1.807) is 24.3 Å². The smallest absolute Gasteiger partial charge is 0.272 e. The first-order chi connectivity index (χ1) is 12.0. The quantitative estimate of drug-likeness (QED) is 0.631. The molecule has 0 aliphatic heterocycles. The summed E-state index contributed by atoms with van der Waals surface area (Å²) in [6.07, 6.45) is 1.48. The van der Waals surface area contributed by atoms with Gasteiger partial charge in [-0.2, -0.15) is 5.10 Å². The van der Waals surface area contributed by atoms with Crippen LogP contribution in [0.5, 0.6) is 17.2 Å². The monoisotopic (exact) mass is 362 g/mol. The first-order valence-electron chi connectivity index (χ1n) is 7.39. The maximum absolute atomic E-state index is 12.1. The van der Waals surface area contributed by atoms with Crippen LogP contribution in [0, 0.1) is 6.92 Å². The number of aryl methyl sites for hydroxylation is 1. The molecule has 0 heterocycles. The highest BCUT2D eigenvalue weighted by molar-refractivity contribution is 6.33. The average molecular weight is 363 g/mol. The number of hydrogen-bond acceptors (Lipinski definition) is 5. The van der Waals surface area contributed by atoms with Crippen LogP contribution in [-0.2, 0) is 0 Å². The Hall–Kier alpha value is -2.73. The van der Waals surface area contributed by atoms with Crippen molar-refractivity contribution in [1.29, 1.82) is 0 Å². The number of benzene rings is 2. The molecule has 1 N–H and O–H groups in total. The summed E-state index contributed by atoms with van der Waals surface area (Å²) in [5.41, 5.74) is 4.45. The van der Waals surface area contributed by atoms with Gasteiger partial charge in [0.15, 0.2) is 11.5 Å². The van der Waals surface area contributed by atoms with Crippen LogP contribution in [0.15, 0.2) is 35.4 Å². The van der Waals surface area contributed by atoms with E-state index in [-0.39, 0.29) is 0 Å². The van der Waals surface area contributed by atoms with Crippen molar-refractivity contribution in [2.45, 2.75) is 6.92 Å². The van der Waals surface area contributed by atoms with E-state index in [1.165, 1.54) is 27.5 Å². The zero-order valence-electron chi connectivity index (χ0n) is 14.4. The van der Waals surface area contributed by atoms with Gasteiger partial charge in [0.2, 0.25) is 5.75 Å². The van der Waals surface area contributed by atoms with Gasteiger partial charge in [0.1, 0.15) is 0 Å². The second-order valence-electron chi connectivity index (χ2n) is 5.14. The summed E-state index contributed by atoms with van der Waals surface area (Å²) in [6, 6.07) is 8.62. The fourth-order valence-corrected chi connectivity index (χ4v) is 2.53. The predicted octanol–water partition coefficient (Wildman–Crippen LogP) is 3.44. The molecule has 0 aliphatic carbocycles. The van der Waals surface area contributed by atoms with Crippen molar-refractivity contribution < 1.29 is 19.0 Å². The number of amides is 1. The molecule has 0 aliphatic rings. The van der Waals surface area contributed by atoms with E-state index in [1.807, 2.05) is 13.0 Å². The van der Waals surface area contributed by atoms with Crippen molar-refractivity contribution in [3.05, 3.63) is 52.0 Å². The van der Waals surface area contributed by atoms with Crippen LogP contribution < -0.4 is 19.6 Å². The number of rotatable bonds is 6. The molecule has 2 aromatic carbocycles.